The summed E-state index contributed by atoms with van der Waals surface area (Å²) in [7, 11) is 0. The van der Waals surface area contributed by atoms with E-state index in [1.165, 1.54) is 12.1 Å². The number of nitrogens with zero attached hydrogens (tertiary/aromatic N) is 3. The highest BCUT2D eigenvalue weighted by Gasteiger charge is 2.11. The minimum atomic E-state index is -0.448. The lowest BCUT2D eigenvalue weighted by Gasteiger charge is -2.03. The van der Waals surface area contributed by atoms with E-state index in [1.807, 2.05) is 17.7 Å². The minimum absolute atomic E-state index is 0.161. The Hall–Kier alpha value is -2.04. The molecule has 0 saturated heterocycles. The smallest absolute Gasteiger partial charge is 0.188 e. The van der Waals surface area contributed by atoms with Crippen LogP contribution in [-0.2, 0) is 13.0 Å². The molecule has 0 amide bonds. The number of pyridine rings is 1. The van der Waals surface area contributed by atoms with Gasteiger partial charge < -0.3 is 4.57 Å². The van der Waals surface area contributed by atoms with E-state index in [2.05, 4.69) is 9.97 Å². The lowest BCUT2D eigenvalue weighted by molar-refractivity contribution is 0.0985. The number of hydrogen-bond donors (Lipinski definition) is 0. The molecule has 0 atom stereocenters. The fourth-order valence-electron chi connectivity index (χ4n) is 1.57. The van der Waals surface area contributed by atoms with Gasteiger partial charge >= 0.3 is 0 Å². The average Bonchev–Trinajstić information content (AvgIpc) is 2.77. The Bertz CT molecular complexity index is 519. The number of halogens is 1. The van der Waals surface area contributed by atoms with Gasteiger partial charge in [-0.15, -0.1) is 0 Å². The molecule has 2 rings (SSSR count). The zero-order valence-corrected chi connectivity index (χ0v) is 9.43. The van der Waals surface area contributed by atoms with E-state index in [-0.39, 0.29) is 17.9 Å². The molecule has 4 nitrogen and oxygen atoms in total. The molecule has 0 spiro atoms. The summed E-state index contributed by atoms with van der Waals surface area (Å²) in [5, 5.41) is 0. The Morgan fingerprint density at radius 2 is 2.24 bits per heavy atom. The maximum atomic E-state index is 12.7. The van der Waals surface area contributed by atoms with Crippen LogP contribution in [0.15, 0.2) is 30.7 Å². The Balaban J connectivity index is 2.14. The van der Waals surface area contributed by atoms with Gasteiger partial charge in [0.25, 0.3) is 0 Å². The number of rotatable bonds is 4. The van der Waals surface area contributed by atoms with Crippen LogP contribution in [0.2, 0.25) is 0 Å². The van der Waals surface area contributed by atoms with Crippen molar-refractivity contribution < 1.29 is 9.18 Å². The summed E-state index contributed by atoms with van der Waals surface area (Å²) in [5.74, 6) is 0.0890. The van der Waals surface area contributed by atoms with Gasteiger partial charge in [-0.3, -0.25) is 9.78 Å². The standard InChI is InChI=1S/C12H12FN3O/c1-2-16-6-5-14-12(16)7-11(17)10-4-3-9(13)8-15-10/h3-6,8H,2,7H2,1H3. The first kappa shape index (κ1) is 11.4. The first-order valence-electron chi connectivity index (χ1n) is 5.35. The van der Waals surface area contributed by atoms with Crippen LogP contribution >= 0.6 is 0 Å². The van der Waals surface area contributed by atoms with Crippen molar-refractivity contribution in [1.29, 1.82) is 0 Å². The van der Waals surface area contributed by atoms with Crippen molar-refractivity contribution in [1.82, 2.24) is 14.5 Å². The molecule has 0 radical (unpaired) electrons. The lowest BCUT2D eigenvalue weighted by Crippen LogP contribution is -2.11. The van der Waals surface area contributed by atoms with Crippen LogP contribution in [-0.4, -0.2) is 20.3 Å². The number of ketones is 1. The number of hydrogen-bond acceptors (Lipinski definition) is 3. The van der Waals surface area contributed by atoms with Crippen molar-refractivity contribution in [3.63, 3.8) is 0 Å². The monoisotopic (exact) mass is 233 g/mol. The fourth-order valence-corrected chi connectivity index (χ4v) is 1.57. The molecule has 88 valence electrons. The van der Waals surface area contributed by atoms with Crippen molar-refractivity contribution in [2.75, 3.05) is 0 Å². The van der Waals surface area contributed by atoms with Crippen molar-refractivity contribution >= 4 is 5.78 Å². The van der Waals surface area contributed by atoms with Gasteiger partial charge in [-0.25, -0.2) is 9.37 Å². The fraction of sp³-hybridized carbons (Fsp3) is 0.250. The summed E-state index contributed by atoms with van der Waals surface area (Å²) >= 11 is 0. The molecule has 0 aliphatic rings. The molecule has 2 aromatic rings. The van der Waals surface area contributed by atoms with Crippen LogP contribution in [0, 0.1) is 5.82 Å². The molecule has 0 N–H and O–H groups in total. The third-order valence-corrected chi connectivity index (χ3v) is 2.47. The summed E-state index contributed by atoms with van der Waals surface area (Å²) in [4.78, 5) is 19.7. The first-order chi connectivity index (χ1) is 8.20. The van der Waals surface area contributed by atoms with E-state index in [1.54, 1.807) is 6.20 Å². The zero-order chi connectivity index (χ0) is 12.3. The molecule has 0 aliphatic carbocycles. The van der Waals surface area contributed by atoms with E-state index in [4.69, 9.17) is 0 Å². The Labute approximate surface area is 98.1 Å². The van der Waals surface area contributed by atoms with E-state index >= 15 is 0 Å². The van der Waals surface area contributed by atoms with Crippen LogP contribution in [0.1, 0.15) is 23.2 Å². The van der Waals surface area contributed by atoms with Crippen molar-refractivity contribution in [2.24, 2.45) is 0 Å². The number of carbonyl (C=O) groups excluding carboxylic acids is 1. The number of imidazole rings is 1. The highest BCUT2D eigenvalue weighted by atomic mass is 19.1. The molecule has 0 aliphatic heterocycles. The molecule has 0 bridgehead atoms. The number of carbonyl (C=O) groups is 1. The summed E-state index contributed by atoms with van der Waals surface area (Å²) in [6, 6.07) is 2.61. The Kier molecular flexibility index (Phi) is 3.27. The second kappa shape index (κ2) is 4.86. The van der Waals surface area contributed by atoms with Crippen LogP contribution < -0.4 is 0 Å². The highest BCUT2D eigenvalue weighted by Crippen LogP contribution is 2.05. The summed E-state index contributed by atoms with van der Waals surface area (Å²) in [6.45, 7) is 2.74. The molecule has 0 unspecified atom stereocenters. The molecular weight excluding hydrogens is 221 g/mol. The van der Waals surface area contributed by atoms with Gasteiger partial charge in [0.05, 0.1) is 12.6 Å². The van der Waals surface area contributed by atoms with Crippen molar-refractivity contribution in [3.8, 4) is 0 Å². The van der Waals surface area contributed by atoms with Gasteiger partial charge in [0.1, 0.15) is 17.3 Å². The van der Waals surface area contributed by atoms with Gasteiger partial charge in [0, 0.05) is 18.9 Å². The summed E-state index contributed by atoms with van der Waals surface area (Å²) in [6.07, 6.45) is 4.70. The largest absolute Gasteiger partial charge is 0.335 e. The molecule has 2 heterocycles. The van der Waals surface area contributed by atoms with Crippen molar-refractivity contribution in [2.45, 2.75) is 19.9 Å². The van der Waals surface area contributed by atoms with Gasteiger partial charge in [-0.2, -0.15) is 0 Å². The predicted molar refractivity (Wildman–Crippen MR) is 60.1 cm³/mol. The Morgan fingerprint density at radius 1 is 1.41 bits per heavy atom. The zero-order valence-electron chi connectivity index (χ0n) is 9.43. The van der Waals surface area contributed by atoms with E-state index in [9.17, 15) is 9.18 Å². The van der Waals surface area contributed by atoms with Crippen LogP contribution in [0.5, 0.6) is 0 Å². The molecule has 0 fully saturated rings. The molecular formula is C12H12FN3O. The average molecular weight is 233 g/mol. The van der Waals surface area contributed by atoms with Crippen LogP contribution in [0.3, 0.4) is 0 Å². The van der Waals surface area contributed by atoms with Crippen molar-refractivity contribution in [3.05, 3.63) is 48.1 Å². The maximum absolute atomic E-state index is 12.7. The predicted octanol–water partition coefficient (Wildman–Crippen LogP) is 1.86. The molecule has 0 saturated carbocycles. The highest BCUT2D eigenvalue weighted by molar-refractivity contribution is 5.95. The SMILES string of the molecule is CCn1ccnc1CC(=O)c1ccc(F)cn1. The Morgan fingerprint density at radius 3 is 2.88 bits per heavy atom. The van der Waals surface area contributed by atoms with Gasteiger partial charge in [-0.1, -0.05) is 0 Å². The second-order valence-corrected chi connectivity index (χ2v) is 3.59. The first-order valence-corrected chi connectivity index (χ1v) is 5.35. The molecule has 5 heteroatoms. The topological polar surface area (TPSA) is 47.8 Å². The van der Waals surface area contributed by atoms with Gasteiger partial charge in [0.2, 0.25) is 0 Å². The second-order valence-electron chi connectivity index (χ2n) is 3.59. The molecule has 0 aromatic carbocycles. The number of aryl methyl sites for hydroxylation is 1. The number of aromatic nitrogens is 3. The van der Waals surface area contributed by atoms with Crippen LogP contribution in [0.25, 0.3) is 0 Å². The third-order valence-electron chi connectivity index (χ3n) is 2.47. The maximum Gasteiger partial charge on any atom is 0.188 e. The van der Waals surface area contributed by atoms with E-state index in [0.717, 1.165) is 12.7 Å². The molecule has 17 heavy (non-hydrogen) atoms. The summed E-state index contributed by atoms with van der Waals surface area (Å²) < 4.78 is 14.5. The van der Waals surface area contributed by atoms with Crippen LogP contribution in [0.4, 0.5) is 4.39 Å². The molecule has 2 aromatic heterocycles. The van der Waals surface area contributed by atoms with E-state index < -0.39 is 5.82 Å². The third kappa shape index (κ3) is 2.55. The lowest BCUT2D eigenvalue weighted by atomic mass is 10.2. The van der Waals surface area contributed by atoms with E-state index in [0.29, 0.717) is 5.82 Å². The minimum Gasteiger partial charge on any atom is -0.335 e. The summed E-state index contributed by atoms with van der Waals surface area (Å²) in [5.41, 5.74) is 0.261. The number of Topliss-reactive ketones (excluding diaryl/α,β-unsaturated/α-hetero) is 1. The van der Waals surface area contributed by atoms with Gasteiger partial charge in [0.15, 0.2) is 5.78 Å². The quantitative estimate of drug-likeness (QED) is 0.757. The van der Waals surface area contributed by atoms with Gasteiger partial charge in [-0.05, 0) is 19.1 Å². The normalized spacial score (nSPS) is 10.5.